The van der Waals surface area contributed by atoms with Gasteiger partial charge in [0.2, 0.25) is 5.91 Å². The Labute approximate surface area is 137 Å². The molecule has 114 valence electrons. The Hall–Kier alpha value is -1.15. The fraction of sp³-hybridized carbons (Fsp3) is 0.467. The Bertz CT molecular complexity index is 497. The molecule has 1 fully saturated rings. The summed E-state index contributed by atoms with van der Waals surface area (Å²) in [6.45, 7) is 1.02. The molecule has 1 aliphatic heterocycles. The van der Waals surface area contributed by atoms with Gasteiger partial charge in [0.15, 0.2) is 0 Å². The SMILES string of the molecule is COC(=O)[C@H](Cc1ccc(I)cc1)NC(=O)[C@@H]1CCOC1. The molecule has 0 bridgehead atoms. The lowest BCUT2D eigenvalue weighted by Gasteiger charge is -2.18. The second-order valence-electron chi connectivity index (χ2n) is 4.98. The zero-order chi connectivity index (χ0) is 15.2. The van der Waals surface area contributed by atoms with E-state index in [4.69, 9.17) is 9.47 Å². The molecule has 5 nitrogen and oxygen atoms in total. The maximum atomic E-state index is 12.1. The van der Waals surface area contributed by atoms with E-state index in [0.29, 0.717) is 26.1 Å². The second kappa shape index (κ2) is 7.74. The van der Waals surface area contributed by atoms with Crippen LogP contribution in [0.1, 0.15) is 12.0 Å². The molecule has 0 unspecified atom stereocenters. The summed E-state index contributed by atoms with van der Waals surface area (Å²) < 4.78 is 11.1. The van der Waals surface area contributed by atoms with Gasteiger partial charge in [-0.15, -0.1) is 0 Å². The largest absolute Gasteiger partial charge is 0.467 e. The van der Waals surface area contributed by atoms with E-state index in [2.05, 4.69) is 27.9 Å². The number of benzene rings is 1. The number of ether oxygens (including phenoxy) is 2. The van der Waals surface area contributed by atoms with Crippen molar-refractivity contribution >= 4 is 34.5 Å². The summed E-state index contributed by atoms with van der Waals surface area (Å²) in [5.41, 5.74) is 0.980. The maximum Gasteiger partial charge on any atom is 0.328 e. The fourth-order valence-corrected chi connectivity index (χ4v) is 2.58. The number of hydrogen-bond donors (Lipinski definition) is 1. The monoisotopic (exact) mass is 403 g/mol. The molecule has 1 aromatic rings. The molecule has 21 heavy (non-hydrogen) atoms. The van der Waals surface area contributed by atoms with Gasteiger partial charge in [-0.25, -0.2) is 4.79 Å². The van der Waals surface area contributed by atoms with Crippen molar-refractivity contribution in [3.05, 3.63) is 33.4 Å². The van der Waals surface area contributed by atoms with Gasteiger partial charge in [0, 0.05) is 16.6 Å². The zero-order valence-electron chi connectivity index (χ0n) is 11.8. The van der Waals surface area contributed by atoms with E-state index in [-0.39, 0.29) is 11.8 Å². The average Bonchev–Trinajstić information content (AvgIpc) is 3.02. The van der Waals surface area contributed by atoms with Gasteiger partial charge in [0.1, 0.15) is 6.04 Å². The Balaban J connectivity index is 2.01. The molecular weight excluding hydrogens is 385 g/mol. The van der Waals surface area contributed by atoms with Gasteiger partial charge >= 0.3 is 5.97 Å². The summed E-state index contributed by atoms with van der Waals surface area (Å²) in [7, 11) is 1.33. The van der Waals surface area contributed by atoms with Gasteiger partial charge in [-0.1, -0.05) is 12.1 Å². The predicted molar refractivity (Wildman–Crippen MR) is 85.7 cm³/mol. The van der Waals surface area contributed by atoms with Gasteiger partial charge in [0.05, 0.1) is 19.6 Å². The van der Waals surface area contributed by atoms with Crippen molar-refractivity contribution in [3.8, 4) is 0 Å². The molecule has 0 radical (unpaired) electrons. The molecule has 1 amide bonds. The summed E-state index contributed by atoms with van der Waals surface area (Å²) in [6, 6.07) is 7.17. The highest BCUT2D eigenvalue weighted by Crippen LogP contribution is 2.14. The Kier molecular flexibility index (Phi) is 5.98. The summed E-state index contributed by atoms with van der Waals surface area (Å²) >= 11 is 2.22. The number of hydrogen-bond acceptors (Lipinski definition) is 4. The normalized spacial score (nSPS) is 19.0. The minimum atomic E-state index is -0.664. The number of carbonyl (C=O) groups is 2. The number of amides is 1. The van der Waals surface area contributed by atoms with E-state index in [1.165, 1.54) is 7.11 Å². The van der Waals surface area contributed by atoms with Crippen LogP contribution in [0.4, 0.5) is 0 Å². The van der Waals surface area contributed by atoms with Crippen molar-refractivity contribution < 1.29 is 19.1 Å². The zero-order valence-corrected chi connectivity index (χ0v) is 14.0. The third-order valence-electron chi connectivity index (χ3n) is 3.46. The molecule has 6 heteroatoms. The predicted octanol–water partition coefficient (Wildman–Crippen LogP) is 1.53. The highest BCUT2D eigenvalue weighted by Gasteiger charge is 2.28. The lowest BCUT2D eigenvalue weighted by atomic mass is 10.0. The molecule has 0 saturated carbocycles. The lowest BCUT2D eigenvalue weighted by Crippen LogP contribution is -2.45. The van der Waals surface area contributed by atoms with Crippen molar-refractivity contribution in [3.63, 3.8) is 0 Å². The molecule has 0 aliphatic carbocycles. The van der Waals surface area contributed by atoms with Crippen molar-refractivity contribution in [2.24, 2.45) is 5.92 Å². The van der Waals surface area contributed by atoms with Crippen molar-refractivity contribution in [2.45, 2.75) is 18.9 Å². The van der Waals surface area contributed by atoms with E-state index >= 15 is 0 Å². The highest BCUT2D eigenvalue weighted by molar-refractivity contribution is 14.1. The van der Waals surface area contributed by atoms with Crippen LogP contribution in [0.25, 0.3) is 0 Å². The quantitative estimate of drug-likeness (QED) is 0.599. The van der Waals surface area contributed by atoms with Gasteiger partial charge in [0.25, 0.3) is 0 Å². The average molecular weight is 403 g/mol. The Morgan fingerprint density at radius 2 is 2.14 bits per heavy atom. The highest BCUT2D eigenvalue weighted by atomic mass is 127. The molecule has 0 aromatic heterocycles. The van der Waals surface area contributed by atoms with Gasteiger partial charge in [-0.2, -0.15) is 0 Å². The summed E-state index contributed by atoms with van der Waals surface area (Å²) in [6.07, 6.45) is 1.12. The molecule has 1 saturated heterocycles. The first-order valence-electron chi connectivity index (χ1n) is 6.80. The molecule has 0 spiro atoms. The van der Waals surface area contributed by atoms with Crippen LogP contribution in [0.2, 0.25) is 0 Å². The lowest BCUT2D eigenvalue weighted by molar-refractivity contribution is -0.145. The number of methoxy groups -OCH3 is 1. The molecule has 1 heterocycles. The van der Waals surface area contributed by atoms with Crippen molar-refractivity contribution in [1.82, 2.24) is 5.32 Å². The minimum Gasteiger partial charge on any atom is -0.467 e. The minimum absolute atomic E-state index is 0.145. The maximum absolute atomic E-state index is 12.1. The van der Waals surface area contributed by atoms with Gasteiger partial charge in [-0.3, -0.25) is 4.79 Å². The van der Waals surface area contributed by atoms with Gasteiger partial charge < -0.3 is 14.8 Å². The standard InChI is InChI=1S/C15H18INO4/c1-20-15(19)13(8-10-2-4-12(16)5-3-10)17-14(18)11-6-7-21-9-11/h2-5,11,13H,6-9H2,1H3,(H,17,18)/t11-,13+/m1/s1. The first kappa shape index (κ1) is 16.2. The van der Waals surface area contributed by atoms with Crippen LogP contribution in [0.5, 0.6) is 0 Å². The smallest absolute Gasteiger partial charge is 0.328 e. The van der Waals surface area contributed by atoms with Crippen LogP contribution in [0.3, 0.4) is 0 Å². The van der Waals surface area contributed by atoms with Crippen LogP contribution < -0.4 is 5.32 Å². The summed E-state index contributed by atoms with van der Waals surface area (Å²) in [4.78, 5) is 24.0. The number of esters is 1. The Morgan fingerprint density at radius 3 is 2.71 bits per heavy atom. The summed E-state index contributed by atoms with van der Waals surface area (Å²) in [5.74, 6) is -0.747. The molecule has 1 aromatic carbocycles. The first-order valence-corrected chi connectivity index (χ1v) is 7.88. The first-order chi connectivity index (χ1) is 10.1. The molecule has 2 rings (SSSR count). The van der Waals surface area contributed by atoms with E-state index < -0.39 is 12.0 Å². The van der Waals surface area contributed by atoms with E-state index in [1.807, 2.05) is 24.3 Å². The third kappa shape index (κ3) is 4.67. The molecular formula is C15H18INO4. The number of nitrogens with one attached hydrogen (secondary N) is 1. The number of rotatable bonds is 5. The molecule has 2 atom stereocenters. The number of carbonyl (C=O) groups excluding carboxylic acids is 2. The van der Waals surface area contributed by atoms with Crippen molar-refractivity contribution in [2.75, 3.05) is 20.3 Å². The Morgan fingerprint density at radius 1 is 1.43 bits per heavy atom. The number of halogens is 1. The third-order valence-corrected chi connectivity index (χ3v) is 4.17. The van der Waals surface area contributed by atoms with Crippen LogP contribution in [0, 0.1) is 9.49 Å². The topological polar surface area (TPSA) is 64.6 Å². The fourth-order valence-electron chi connectivity index (χ4n) is 2.22. The van der Waals surface area contributed by atoms with Crippen molar-refractivity contribution in [1.29, 1.82) is 0 Å². The van der Waals surface area contributed by atoms with E-state index in [1.54, 1.807) is 0 Å². The summed E-state index contributed by atoms with van der Waals surface area (Å²) in [5, 5.41) is 2.78. The van der Waals surface area contributed by atoms with Crippen LogP contribution in [-0.2, 0) is 25.5 Å². The van der Waals surface area contributed by atoms with E-state index in [0.717, 1.165) is 9.13 Å². The van der Waals surface area contributed by atoms with Gasteiger partial charge in [-0.05, 0) is 46.7 Å². The van der Waals surface area contributed by atoms with Crippen LogP contribution in [0.15, 0.2) is 24.3 Å². The van der Waals surface area contributed by atoms with Crippen LogP contribution in [-0.4, -0.2) is 38.2 Å². The van der Waals surface area contributed by atoms with E-state index in [9.17, 15) is 9.59 Å². The molecule has 1 aliphatic rings. The molecule has 1 N–H and O–H groups in total. The van der Waals surface area contributed by atoms with Crippen LogP contribution >= 0.6 is 22.6 Å². The second-order valence-corrected chi connectivity index (χ2v) is 6.22.